The number of hydrogen-bond donors (Lipinski definition) is 3. The third-order valence-corrected chi connectivity index (χ3v) is 9.59. The minimum atomic E-state index is -0.304. The SMILES string of the molecule is CC1COCCN1c1nnc2ccc(O[C@@H]3CC[C@H](NC(=O)Nc4cc(C(C)(C)C)nn4-c4cccc(OCCN(C)C)c4)c4ccccc43)cn12.O=CO. The molecule has 4 heterocycles. The number of aromatic nitrogens is 5. The van der Waals surface area contributed by atoms with Gasteiger partial charge in [0.1, 0.15) is 30.0 Å². The third kappa shape index (κ3) is 9.35. The Hall–Kier alpha value is -5.67. The maximum atomic E-state index is 13.7. The number of morpholine rings is 1. The van der Waals surface area contributed by atoms with E-state index in [0.29, 0.717) is 32.1 Å². The van der Waals surface area contributed by atoms with Crippen molar-refractivity contribution in [2.45, 2.75) is 64.1 Å². The number of nitrogens with one attached hydrogen (secondary N) is 2. The molecule has 2 aromatic carbocycles. The first-order chi connectivity index (χ1) is 26.4. The van der Waals surface area contributed by atoms with E-state index in [-0.39, 0.29) is 36.1 Å². The zero-order valence-corrected chi connectivity index (χ0v) is 32.3. The van der Waals surface area contributed by atoms with E-state index < -0.39 is 0 Å². The highest BCUT2D eigenvalue weighted by Gasteiger charge is 2.31. The molecular weight excluding hydrogens is 702 g/mol. The summed E-state index contributed by atoms with van der Waals surface area (Å²) in [5.74, 6) is 2.83. The molecule has 1 fully saturated rings. The Bertz CT molecular complexity index is 2070. The van der Waals surface area contributed by atoms with Crippen molar-refractivity contribution >= 4 is 29.9 Å². The van der Waals surface area contributed by atoms with Crippen LogP contribution in [0.2, 0.25) is 0 Å². The average Bonchev–Trinajstić information content (AvgIpc) is 3.78. The van der Waals surface area contributed by atoms with Crippen LogP contribution < -0.4 is 25.0 Å². The molecular formula is C40H51N9O6. The van der Waals surface area contributed by atoms with Crippen molar-refractivity contribution in [3.8, 4) is 17.2 Å². The monoisotopic (exact) mass is 753 g/mol. The van der Waals surface area contributed by atoms with Crippen LogP contribution in [0.3, 0.4) is 0 Å². The minimum Gasteiger partial charge on any atom is -0.492 e. The van der Waals surface area contributed by atoms with Crippen LogP contribution in [0.15, 0.2) is 72.9 Å². The Labute approximate surface area is 321 Å². The Morgan fingerprint density at radius 3 is 2.56 bits per heavy atom. The quantitative estimate of drug-likeness (QED) is 0.147. The summed E-state index contributed by atoms with van der Waals surface area (Å²) < 4.78 is 22.0. The molecule has 1 aliphatic heterocycles. The summed E-state index contributed by atoms with van der Waals surface area (Å²) in [6, 6.07) is 21.5. The third-order valence-electron chi connectivity index (χ3n) is 9.59. The zero-order valence-electron chi connectivity index (χ0n) is 32.3. The summed E-state index contributed by atoms with van der Waals surface area (Å²) in [5, 5.41) is 27.0. The predicted molar refractivity (Wildman–Crippen MR) is 210 cm³/mol. The van der Waals surface area contributed by atoms with Crippen molar-refractivity contribution in [3.05, 3.63) is 89.7 Å². The van der Waals surface area contributed by atoms with Crippen LogP contribution in [0, 0.1) is 0 Å². The number of hydrogen-bond acceptors (Lipinski definition) is 10. The van der Waals surface area contributed by atoms with E-state index in [9.17, 15) is 4.79 Å². The Balaban J connectivity index is 0.00000166. The second-order valence-electron chi connectivity index (χ2n) is 15.0. The van der Waals surface area contributed by atoms with Gasteiger partial charge in [0.25, 0.3) is 6.47 Å². The number of rotatable bonds is 10. The molecule has 2 amide bonds. The number of urea groups is 1. The molecule has 1 aliphatic carbocycles. The van der Waals surface area contributed by atoms with Gasteiger partial charge in [-0.05, 0) is 69.3 Å². The minimum absolute atomic E-state index is 0.181. The molecule has 3 aromatic heterocycles. The number of benzene rings is 2. The van der Waals surface area contributed by atoms with E-state index in [4.69, 9.17) is 29.2 Å². The second kappa shape index (κ2) is 17.2. The van der Waals surface area contributed by atoms with Gasteiger partial charge in [0, 0.05) is 30.6 Å². The van der Waals surface area contributed by atoms with Gasteiger partial charge < -0.3 is 34.4 Å². The van der Waals surface area contributed by atoms with E-state index in [1.165, 1.54) is 0 Å². The fourth-order valence-electron chi connectivity index (χ4n) is 6.73. The van der Waals surface area contributed by atoms with Crippen LogP contribution in [-0.2, 0) is 14.9 Å². The molecule has 1 saturated heterocycles. The number of likely N-dealkylation sites (N-methyl/N-ethyl adjacent to an activating group) is 1. The molecule has 15 nitrogen and oxygen atoms in total. The van der Waals surface area contributed by atoms with Crippen LogP contribution >= 0.6 is 0 Å². The highest BCUT2D eigenvalue weighted by Crippen LogP contribution is 2.39. The number of anilines is 2. The second-order valence-corrected chi connectivity index (χ2v) is 15.0. The van der Waals surface area contributed by atoms with Gasteiger partial charge in [-0.2, -0.15) is 5.10 Å². The van der Waals surface area contributed by atoms with Gasteiger partial charge in [-0.3, -0.25) is 14.5 Å². The summed E-state index contributed by atoms with van der Waals surface area (Å²) in [6.45, 7) is 11.6. The Morgan fingerprint density at radius 2 is 1.82 bits per heavy atom. The van der Waals surface area contributed by atoms with Crippen LogP contribution in [0.25, 0.3) is 11.3 Å². The van der Waals surface area contributed by atoms with Crippen molar-refractivity contribution in [1.29, 1.82) is 0 Å². The average molecular weight is 754 g/mol. The van der Waals surface area contributed by atoms with Crippen molar-refractivity contribution in [1.82, 2.24) is 34.6 Å². The van der Waals surface area contributed by atoms with Gasteiger partial charge in [-0.25, -0.2) is 9.48 Å². The highest BCUT2D eigenvalue weighted by atomic mass is 16.5. The lowest BCUT2D eigenvalue weighted by Crippen LogP contribution is -2.44. The Kier molecular flexibility index (Phi) is 12.2. The van der Waals surface area contributed by atoms with Crippen molar-refractivity contribution in [2.75, 3.05) is 57.2 Å². The van der Waals surface area contributed by atoms with Gasteiger partial charge >= 0.3 is 6.03 Å². The number of carboxylic acid groups (broad SMARTS) is 1. The summed E-state index contributed by atoms with van der Waals surface area (Å²) >= 11 is 0. The van der Waals surface area contributed by atoms with E-state index in [1.54, 1.807) is 4.68 Å². The predicted octanol–water partition coefficient (Wildman–Crippen LogP) is 5.86. The first-order valence-electron chi connectivity index (χ1n) is 18.5. The summed E-state index contributed by atoms with van der Waals surface area (Å²) in [7, 11) is 4.03. The molecule has 0 saturated carbocycles. The number of pyridine rings is 1. The number of amides is 2. The number of fused-ring (bicyclic) bond motifs is 2. The standard InChI is InChI=1S/C39H49N9O4.CH2O2/c1-26-25-50-20-19-46(26)38-43-42-35-17-14-29(24-47(35)38)52-33-16-15-32(30-12-7-8-13-31(30)33)40-37(49)41-36-23-34(39(2,3)4)44-48(36)27-10-9-11-28(22-27)51-21-18-45(5)6;2-1-3/h7-14,17,22-24,26,32-33H,15-16,18-21,25H2,1-6H3,(H2,40,41,49);1H,(H,2,3)/t26?,32-,33+;/m0./s1. The lowest BCUT2D eigenvalue weighted by Gasteiger charge is -2.33. The normalized spacial score (nSPS) is 18.2. The van der Waals surface area contributed by atoms with Crippen molar-refractivity contribution in [2.24, 2.45) is 0 Å². The van der Waals surface area contributed by atoms with Crippen molar-refractivity contribution < 1.29 is 28.9 Å². The number of carbonyl (C=O) groups is 2. The molecule has 7 rings (SSSR count). The maximum Gasteiger partial charge on any atom is 0.320 e. The van der Waals surface area contributed by atoms with Gasteiger partial charge in [-0.1, -0.05) is 51.1 Å². The smallest absolute Gasteiger partial charge is 0.320 e. The summed E-state index contributed by atoms with van der Waals surface area (Å²) in [6.07, 6.45) is 3.22. The molecule has 2 aliphatic rings. The molecule has 0 spiro atoms. The summed E-state index contributed by atoms with van der Waals surface area (Å²) in [4.78, 5) is 26.4. The van der Waals surface area contributed by atoms with E-state index in [2.05, 4.69) is 70.5 Å². The largest absolute Gasteiger partial charge is 0.492 e. The summed E-state index contributed by atoms with van der Waals surface area (Å²) in [5.41, 5.74) is 4.28. The fraction of sp³-hybridized carbons (Fsp3) is 0.425. The van der Waals surface area contributed by atoms with Gasteiger partial charge in [0.15, 0.2) is 5.65 Å². The van der Waals surface area contributed by atoms with E-state index >= 15 is 0 Å². The number of ether oxygens (including phenoxy) is 3. The molecule has 0 radical (unpaired) electrons. The number of carbonyl (C=O) groups excluding carboxylic acids is 1. The van der Waals surface area contributed by atoms with Crippen LogP contribution in [0.5, 0.6) is 11.5 Å². The topological polar surface area (TPSA) is 161 Å². The van der Waals surface area contributed by atoms with E-state index in [1.807, 2.05) is 79.3 Å². The zero-order chi connectivity index (χ0) is 39.1. The number of nitrogens with zero attached hydrogens (tertiary/aromatic N) is 7. The van der Waals surface area contributed by atoms with Crippen molar-refractivity contribution in [3.63, 3.8) is 0 Å². The van der Waals surface area contributed by atoms with Gasteiger partial charge in [0.05, 0.1) is 42.9 Å². The molecule has 0 bridgehead atoms. The fourth-order valence-corrected chi connectivity index (χ4v) is 6.73. The van der Waals surface area contributed by atoms with Gasteiger partial charge in [-0.15, -0.1) is 10.2 Å². The van der Waals surface area contributed by atoms with Crippen LogP contribution in [-0.4, -0.2) is 99.9 Å². The molecule has 292 valence electrons. The molecule has 3 N–H and O–H groups in total. The molecule has 5 aromatic rings. The van der Waals surface area contributed by atoms with Crippen LogP contribution in [0.1, 0.15) is 69.5 Å². The molecule has 3 atom stereocenters. The van der Waals surface area contributed by atoms with Gasteiger partial charge in [0.2, 0.25) is 5.95 Å². The maximum absolute atomic E-state index is 13.7. The first-order valence-corrected chi connectivity index (χ1v) is 18.5. The lowest BCUT2D eigenvalue weighted by molar-refractivity contribution is -0.122. The van der Waals surface area contributed by atoms with Crippen LogP contribution in [0.4, 0.5) is 16.6 Å². The molecule has 55 heavy (non-hydrogen) atoms. The first kappa shape index (κ1) is 39.0. The highest BCUT2D eigenvalue weighted by molar-refractivity contribution is 5.89. The lowest BCUT2D eigenvalue weighted by atomic mass is 9.85. The van der Waals surface area contributed by atoms with E-state index in [0.717, 1.165) is 65.1 Å². The Morgan fingerprint density at radius 1 is 1.04 bits per heavy atom. The molecule has 1 unspecified atom stereocenters. The molecule has 15 heteroatoms.